The Morgan fingerprint density at radius 2 is 2.03 bits per heavy atom. The molecule has 0 atom stereocenters. The van der Waals surface area contributed by atoms with Crippen LogP contribution < -0.4 is 0 Å². The van der Waals surface area contributed by atoms with Crippen LogP contribution in [-0.2, 0) is 14.8 Å². The highest BCUT2D eigenvalue weighted by atomic mass is 32.2. The standard InChI is InChI=1S/C20H23FN4O4S2/c1-2-31(27,28)24-9-7-14(8-10-24)20(26)25-11-12-30-18(25)13-17-22-19(23-29-17)15-5-3-4-6-16(15)21/h3-6,13-14H,2,7-12H2,1H3/b18-13+. The van der Waals surface area contributed by atoms with E-state index in [1.54, 1.807) is 36.1 Å². The van der Waals surface area contributed by atoms with Crippen molar-refractivity contribution in [2.24, 2.45) is 5.92 Å². The first-order chi connectivity index (χ1) is 14.9. The highest BCUT2D eigenvalue weighted by Gasteiger charge is 2.35. The minimum absolute atomic E-state index is 0.0151. The van der Waals surface area contributed by atoms with Gasteiger partial charge in [0.1, 0.15) is 5.82 Å². The van der Waals surface area contributed by atoms with Gasteiger partial charge in [0, 0.05) is 37.4 Å². The van der Waals surface area contributed by atoms with E-state index in [0.717, 1.165) is 5.75 Å². The Hall–Kier alpha value is -2.24. The molecule has 0 unspecified atom stereocenters. The van der Waals surface area contributed by atoms with E-state index in [1.807, 2.05) is 0 Å². The molecule has 2 fully saturated rings. The second-order valence-corrected chi connectivity index (χ2v) is 10.7. The van der Waals surface area contributed by atoms with Crippen LogP contribution in [0, 0.1) is 11.7 Å². The fraction of sp³-hybridized carbons (Fsp3) is 0.450. The van der Waals surface area contributed by atoms with E-state index < -0.39 is 15.8 Å². The van der Waals surface area contributed by atoms with E-state index >= 15 is 0 Å². The van der Waals surface area contributed by atoms with Crippen molar-refractivity contribution in [2.75, 3.05) is 31.1 Å². The van der Waals surface area contributed by atoms with E-state index in [9.17, 15) is 17.6 Å². The summed E-state index contributed by atoms with van der Waals surface area (Å²) in [6.07, 6.45) is 2.65. The maximum absolute atomic E-state index is 14.0. The van der Waals surface area contributed by atoms with Crippen molar-refractivity contribution >= 4 is 33.8 Å². The second-order valence-electron chi connectivity index (χ2n) is 7.33. The Kier molecular flexibility index (Phi) is 6.44. The van der Waals surface area contributed by atoms with E-state index in [0.29, 0.717) is 37.5 Å². The number of halogens is 1. The highest BCUT2D eigenvalue weighted by molar-refractivity contribution is 8.03. The quantitative estimate of drug-likeness (QED) is 0.668. The molecule has 2 aromatic rings. The molecule has 3 heterocycles. The number of aromatic nitrogens is 2. The molecule has 2 aliphatic rings. The molecular weight excluding hydrogens is 443 g/mol. The normalized spacial score (nSPS) is 19.9. The van der Waals surface area contributed by atoms with Crippen molar-refractivity contribution in [2.45, 2.75) is 19.8 Å². The minimum Gasteiger partial charge on any atom is -0.334 e. The van der Waals surface area contributed by atoms with Crippen LogP contribution in [-0.4, -0.2) is 64.8 Å². The largest absolute Gasteiger partial charge is 0.334 e. The zero-order valence-electron chi connectivity index (χ0n) is 17.0. The molecular formula is C20H23FN4O4S2. The molecule has 0 aliphatic carbocycles. The zero-order valence-corrected chi connectivity index (χ0v) is 18.7. The fourth-order valence-electron chi connectivity index (χ4n) is 3.70. The lowest BCUT2D eigenvalue weighted by Gasteiger charge is -2.32. The molecule has 2 aliphatic heterocycles. The number of piperidine rings is 1. The van der Waals surface area contributed by atoms with E-state index in [4.69, 9.17) is 4.52 Å². The molecule has 1 aromatic heterocycles. The number of rotatable bonds is 5. The maximum Gasteiger partial charge on any atom is 0.253 e. The van der Waals surface area contributed by atoms with Crippen molar-refractivity contribution in [1.82, 2.24) is 19.3 Å². The average Bonchev–Trinajstić information content (AvgIpc) is 3.44. The summed E-state index contributed by atoms with van der Waals surface area (Å²) in [5.41, 5.74) is 0.247. The molecule has 166 valence electrons. The summed E-state index contributed by atoms with van der Waals surface area (Å²) < 4.78 is 44.7. The van der Waals surface area contributed by atoms with E-state index in [2.05, 4.69) is 10.1 Å². The third-order valence-corrected chi connectivity index (χ3v) is 8.36. The third-order valence-electron chi connectivity index (χ3n) is 5.46. The molecule has 1 amide bonds. The molecule has 0 spiro atoms. The van der Waals surface area contributed by atoms with E-state index in [1.165, 1.54) is 22.1 Å². The number of hydrogen-bond donors (Lipinski definition) is 0. The van der Waals surface area contributed by atoms with Crippen LogP contribution in [0.2, 0.25) is 0 Å². The predicted octanol–water partition coefficient (Wildman–Crippen LogP) is 2.81. The molecule has 4 rings (SSSR count). The highest BCUT2D eigenvalue weighted by Crippen LogP contribution is 2.33. The van der Waals surface area contributed by atoms with Gasteiger partial charge in [-0.15, -0.1) is 11.8 Å². The summed E-state index contributed by atoms with van der Waals surface area (Å²) in [4.78, 5) is 19.0. The molecule has 11 heteroatoms. The molecule has 0 bridgehead atoms. The smallest absolute Gasteiger partial charge is 0.253 e. The first-order valence-electron chi connectivity index (χ1n) is 10.1. The maximum atomic E-state index is 14.0. The summed E-state index contributed by atoms with van der Waals surface area (Å²) in [6, 6.07) is 6.18. The molecule has 0 saturated carbocycles. The Morgan fingerprint density at radius 3 is 2.74 bits per heavy atom. The predicted molar refractivity (Wildman–Crippen MR) is 116 cm³/mol. The number of carbonyl (C=O) groups excluding carboxylic acids is 1. The van der Waals surface area contributed by atoms with Crippen LogP contribution in [0.4, 0.5) is 4.39 Å². The Labute approximate surface area is 184 Å². The summed E-state index contributed by atoms with van der Waals surface area (Å²) in [7, 11) is -3.23. The molecule has 1 aromatic carbocycles. The topological polar surface area (TPSA) is 96.6 Å². The molecule has 0 N–H and O–H groups in total. The first kappa shape index (κ1) is 22.0. The lowest BCUT2D eigenvalue weighted by atomic mass is 9.96. The number of sulfonamides is 1. The average molecular weight is 467 g/mol. The summed E-state index contributed by atoms with van der Waals surface area (Å²) in [6.45, 7) is 2.92. The first-order valence-corrected chi connectivity index (χ1v) is 12.7. The van der Waals surface area contributed by atoms with Crippen molar-refractivity contribution < 1.29 is 22.1 Å². The monoisotopic (exact) mass is 466 g/mol. The van der Waals surface area contributed by atoms with E-state index in [-0.39, 0.29) is 34.9 Å². The van der Waals surface area contributed by atoms with Crippen LogP contribution in [0.1, 0.15) is 25.7 Å². The fourth-order valence-corrected chi connectivity index (χ4v) is 5.84. The lowest BCUT2D eigenvalue weighted by molar-refractivity contribution is -0.133. The van der Waals surface area contributed by atoms with Crippen molar-refractivity contribution in [1.29, 1.82) is 0 Å². The number of thioether (sulfide) groups is 1. The molecule has 31 heavy (non-hydrogen) atoms. The molecule has 2 saturated heterocycles. The third kappa shape index (κ3) is 4.68. The van der Waals surface area contributed by atoms with Crippen LogP contribution in [0.25, 0.3) is 17.5 Å². The number of benzene rings is 1. The summed E-state index contributed by atoms with van der Waals surface area (Å²) in [5.74, 6) is 0.487. The lowest BCUT2D eigenvalue weighted by Crippen LogP contribution is -2.43. The Balaban J connectivity index is 1.45. The molecule has 8 nitrogen and oxygen atoms in total. The van der Waals surface area contributed by atoms with Gasteiger partial charge in [0.15, 0.2) is 0 Å². The van der Waals surface area contributed by atoms with Gasteiger partial charge >= 0.3 is 0 Å². The van der Waals surface area contributed by atoms with Gasteiger partial charge in [0.2, 0.25) is 21.8 Å². The van der Waals surface area contributed by atoms with Crippen LogP contribution in [0.15, 0.2) is 33.8 Å². The number of carbonyl (C=O) groups is 1. The van der Waals surface area contributed by atoms with Gasteiger partial charge in [0.25, 0.3) is 5.89 Å². The van der Waals surface area contributed by atoms with Crippen LogP contribution in [0.3, 0.4) is 0 Å². The van der Waals surface area contributed by atoms with Crippen molar-refractivity contribution in [3.05, 3.63) is 41.0 Å². The van der Waals surface area contributed by atoms with Gasteiger partial charge in [-0.3, -0.25) is 4.79 Å². The number of amides is 1. The minimum atomic E-state index is -3.23. The van der Waals surface area contributed by atoms with Crippen LogP contribution >= 0.6 is 11.8 Å². The zero-order chi connectivity index (χ0) is 22.0. The summed E-state index contributed by atoms with van der Waals surface area (Å²) in [5, 5.41) is 4.55. The summed E-state index contributed by atoms with van der Waals surface area (Å²) >= 11 is 1.51. The van der Waals surface area contributed by atoms with Gasteiger partial charge in [-0.1, -0.05) is 17.3 Å². The number of hydrogen-bond acceptors (Lipinski definition) is 7. The van der Waals surface area contributed by atoms with Crippen LogP contribution in [0.5, 0.6) is 0 Å². The van der Waals surface area contributed by atoms with Gasteiger partial charge in [-0.25, -0.2) is 17.1 Å². The van der Waals surface area contributed by atoms with Gasteiger partial charge in [-0.2, -0.15) is 4.98 Å². The van der Waals surface area contributed by atoms with Gasteiger partial charge < -0.3 is 9.42 Å². The number of nitrogens with zero attached hydrogens (tertiary/aromatic N) is 4. The van der Waals surface area contributed by atoms with Gasteiger partial charge in [0.05, 0.1) is 16.3 Å². The SMILES string of the molecule is CCS(=O)(=O)N1CCC(C(=O)N2CCS/C2=C/c2nc(-c3ccccc3F)no2)CC1. The molecule has 0 radical (unpaired) electrons. The Morgan fingerprint density at radius 1 is 1.29 bits per heavy atom. The Bertz CT molecular complexity index is 1090. The van der Waals surface area contributed by atoms with Gasteiger partial charge in [-0.05, 0) is 31.9 Å². The van der Waals surface area contributed by atoms with Crippen molar-refractivity contribution in [3.63, 3.8) is 0 Å². The second kappa shape index (κ2) is 9.09. The van der Waals surface area contributed by atoms with Crippen molar-refractivity contribution in [3.8, 4) is 11.4 Å².